The van der Waals surface area contributed by atoms with Gasteiger partial charge >= 0.3 is 5.97 Å². The summed E-state index contributed by atoms with van der Waals surface area (Å²) >= 11 is 5.85. The van der Waals surface area contributed by atoms with Gasteiger partial charge in [0.2, 0.25) is 5.91 Å². The van der Waals surface area contributed by atoms with Crippen LogP contribution in [0.5, 0.6) is 0 Å². The molecule has 0 radical (unpaired) electrons. The van der Waals surface area contributed by atoms with Crippen LogP contribution in [-0.2, 0) is 9.59 Å². The summed E-state index contributed by atoms with van der Waals surface area (Å²) in [4.78, 5) is 24.3. The van der Waals surface area contributed by atoms with Crippen LogP contribution in [-0.4, -0.2) is 42.0 Å². The Balaban J connectivity index is 2.53. The third-order valence-corrected chi connectivity index (χ3v) is 3.12. The zero-order valence-electron chi connectivity index (χ0n) is 11.8. The number of halogens is 1. The number of carbonyl (C=O) groups is 2. The zero-order valence-corrected chi connectivity index (χ0v) is 12.6. The largest absolute Gasteiger partial charge is 0.481 e. The van der Waals surface area contributed by atoms with E-state index >= 15 is 0 Å². The van der Waals surface area contributed by atoms with Gasteiger partial charge in [0, 0.05) is 17.3 Å². The second-order valence-corrected chi connectivity index (χ2v) is 5.38. The summed E-state index contributed by atoms with van der Waals surface area (Å²) in [7, 11) is 1.72. The molecule has 0 saturated carbocycles. The fourth-order valence-corrected chi connectivity index (χ4v) is 2.04. The molecule has 0 aromatic heterocycles. The lowest BCUT2D eigenvalue weighted by Crippen LogP contribution is -2.35. The van der Waals surface area contributed by atoms with Crippen LogP contribution in [0.3, 0.4) is 0 Å². The van der Waals surface area contributed by atoms with Crippen molar-refractivity contribution < 1.29 is 14.7 Å². The molecule has 0 spiro atoms. The molecule has 0 aliphatic heterocycles. The molecule has 6 heteroatoms. The third-order valence-electron chi connectivity index (χ3n) is 2.88. The minimum atomic E-state index is -0.870. The number of hydrogen-bond acceptors (Lipinski definition) is 3. The van der Waals surface area contributed by atoms with Crippen LogP contribution in [0.25, 0.3) is 0 Å². The van der Waals surface area contributed by atoms with Gasteiger partial charge in [-0.15, -0.1) is 0 Å². The van der Waals surface area contributed by atoms with E-state index < -0.39 is 11.9 Å². The van der Waals surface area contributed by atoms with Crippen LogP contribution in [0.4, 0.5) is 5.69 Å². The highest BCUT2D eigenvalue weighted by atomic mass is 35.5. The maximum Gasteiger partial charge on any atom is 0.307 e. The number of rotatable bonds is 6. The molecule has 0 fully saturated rings. The van der Waals surface area contributed by atoms with Crippen LogP contribution in [0.15, 0.2) is 18.2 Å². The summed E-state index contributed by atoms with van der Waals surface area (Å²) in [6, 6.07) is 5.23. The Bertz CT molecular complexity index is 505. The molecule has 0 saturated heterocycles. The standard InChI is InChI=1S/C14H19ClN2O3/c1-9-6-11(15)4-5-12(9)16-13(18)8-17(3)7-10(2)14(19)20/h4-6,10H,7-8H2,1-3H3,(H,16,18)(H,19,20). The van der Waals surface area contributed by atoms with Crippen molar-refractivity contribution in [3.05, 3.63) is 28.8 Å². The van der Waals surface area contributed by atoms with E-state index in [0.29, 0.717) is 17.3 Å². The highest BCUT2D eigenvalue weighted by Gasteiger charge is 2.15. The van der Waals surface area contributed by atoms with Gasteiger partial charge in [0.15, 0.2) is 0 Å². The molecule has 0 aliphatic carbocycles. The van der Waals surface area contributed by atoms with Crippen molar-refractivity contribution in [2.45, 2.75) is 13.8 Å². The van der Waals surface area contributed by atoms with Crippen LogP contribution >= 0.6 is 11.6 Å². The van der Waals surface area contributed by atoms with Crippen LogP contribution in [0.1, 0.15) is 12.5 Å². The Kier molecular flexibility index (Phi) is 5.98. The van der Waals surface area contributed by atoms with Gasteiger partial charge in [0.25, 0.3) is 0 Å². The molecule has 110 valence electrons. The van der Waals surface area contributed by atoms with Crippen molar-refractivity contribution in [3.8, 4) is 0 Å². The summed E-state index contributed by atoms with van der Waals surface area (Å²) in [5.41, 5.74) is 1.59. The molecular weight excluding hydrogens is 280 g/mol. The first-order valence-corrected chi connectivity index (χ1v) is 6.64. The molecule has 2 N–H and O–H groups in total. The first-order chi connectivity index (χ1) is 9.29. The van der Waals surface area contributed by atoms with Crippen molar-refractivity contribution in [1.29, 1.82) is 0 Å². The van der Waals surface area contributed by atoms with Gasteiger partial charge in [-0.05, 0) is 37.7 Å². The SMILES string of the molecule is Cc1cc(Cl)ccc1NC(=O)CN(C)CC(C)C(=O)O. The minimum Gasteiger partial charge on any atom is -0.481 e. The van der Waals surface area contributed by atoms with Crippen LogP contribution < -0.4 is 5.32 Å². The van der Waals surface area contributed by atoms with Gasteiger partial charge in [0.05, 0.1) is 12.5 Å². The number of aliphatic carboxylic acids is 1. The maximum atomic E-state index is 11.9. The van der Waals surface area contributed by atoms with Gasteiger partial charge in [-0.25, -0.2) is 0 Å². The summed E-state index contributed by atoms with van der Waals surface area (Å²) in [6.07, 6.45) is 0. The van der Waals surface area contributed by atoms with Gasteiger partial charge in [-0.1, -0.05) is 18.5 Å². The lowest BCUT2D eigenvalue weighted by atomic mass is 10.2. The molecular formula is C14H19ClN2O3. The molecule has 20 heavy (non-hydrogen) atoms. The maximum absolute atomic E-state index is 11.9. The van der Waals surface area contributed by atoms with Crippen molar-refractivity contribution >= 4 is 29.2 Å². The Labute approximate surface area is 123 Å². The number of anilines is 1. The molecule has 1 rings (SSSR count). The number of carbonyl (C=O) groups excluding carboxylic acids is 1. The molecule has 0 heterocycles. The summed E-state index contributed by atoms with van der Waals surface area (Å²) < 4.78 is 0. The molecule has 0 bridgehead atoms. The van der Waals surface area contributed by atoms with Gasteiger partial charge in [0.1, 0.15) is 0 Å². The highest BCUT2D eigenvalue weighted by molar-refractivity contribution is 6.30. The average Bonchev–Trinajstić information content (AvgIpc) is 2.32. The number of amides is 1. The van der Waals surface area contributed by atoms with Crippen molar-refractivity contribution in [2.75, 3.05) is 25.5 Å². The normalized spacial score (nSPS) is 12.2. The molecule has 1 amide bonds. The minimum absolute atomic E-state index is 0.139. The Morgan fingerprint density at radius 3 is 2.65 bits per heavy atom. The predicted molar refractivity (Wildman–Crippen MR) is 79.1 cm³/mol. The summed E-state index contributed by atoms with van der Waals surface area (Å²) in [6.45, 7) is 3.93. The fourth-order valence-electron chi connectivity index (χ4n) is 1.81. The monoisotopic (exact) mass is 298 g/mol. The Morgan fingerprint density at radius 2 is 2.10 bits per heavy atom. The number of benzene rings is 1. The smallest absolute Gasteiger partial charge is 0.307 e. The van der Waals surface area contributed by atoms with E-state index in [1.165, 1.54) is 0 Å². The molecule has 0 aliphatic rings. The number of nitrogens with one attached hydrogen (secondary N) is 1. The fraction of sp³-hybridized carbons (Fsp3) is 0.429. The molecule has 1 unspecified atom stereocenters. The number of carboxylic acids is 1. The first kappa shape index (κ1) is 16.5. The molecule has 1 aromatic carbocycles. The van der Waals surface area contributed by atoms with E-state index in [2.05, 4.69) is 5.32 Å². The van der Waals surface area contributed by atoms with E-state index in [4.69, 9.17) is 16.7 Å². The summed E-state index contributed by atoms with van der Waals surface area (Å²) in [5.74, 6) is -1.56. The molecule has 1 atom stereocenters. The van der Waals surface area contributed by atoms with Crippen LogP contribution in [0, 0.1) is 12.8 Å². The number of aryl methyl sites for hydroxylation is 1. The van der Waals surface area contributed by atoms with E-state index in [1.807, 2.05) is 6.92 Å². The van der Waals surface area contributed by atoms with Crippen molar-refractivity contribution in [2.24, 2.45) is 5.92 Å². The topological polar surface area (TPSA) is 69.6 Å². The van der Waals surface area contributed by atoms with Crippen LogP contribution in [0.2, 0.25) is 5.02 Å². The number of likely N-dealkylation sites (N-methyl/N-ethyl adjacent to an activating group) is 1. The number of carboxylic acid groups (broad SMARTS) is 1. The van der Waals surface area contributed by atoms with E-state index in [-0.39, 0.29) is 12.5 Å². The first-order valence-electron chi connectivity index (χ1n) is 6.27. The summed E-state index contributed by atoms with van der Waals surface area (Å²) in [5, 5.41) is 12.2. The third kappa shape index (κ3) is 5.19. The van der Waals surface area contributed by atoms with E-state index in [1.54, 1.807) is 37.1 Å². The lowest BCUT2D eigenvalue weighted by molar-refractivity contribution is -0.141. The quantitative estimate of drug-likeness (QED) is 0.845. The number of nitrogens with zero attached hydrogens (tertiary/aromatic N) is 1. The molecule has 1 aromatic rings. The van der Waals surface area contributed by atoms with Gasteiger partial charge < -0.3 is 10.4 Å². The Hall–Kier alpha value is -1.59. The molecule has 5 nitrogen and oxygen atoms in total. The van der Waals surface area contributed by atoms with Gasteiger partial charge in [-0.3, -0.25) is 14.5 Å². The van der Waals surface area contributed by atoms with E-state index in [0.717, 1.165) is 5.56 Å². The van der Waals surface area contributed by atoms with Crippen molar-refractivity contribution in [3.63, 3.8) is 0 Å². The predicted octanol–water partition coefficient (Wildman–Crippen LogP) is 2.24. The second-order valence-electron chi connectivity index (χ2n) is 4.94. The lowest BCUT2D eigenvalue weighted by Gasteiger charge is -2.18. The van der Waals surface area contributed by atoms with Gasteiger partial charge in [-0.2, -0.15) is 0 Å². The second kappa shape index (κ2) is 7.26. The van der Waals surface area contributed by atoms with Crippen molar-refractivity contribution in [1.82, 2.24) is 4.90 Å². The highest BCUT2D eigenvalue weighted by Crippen LogP contribution is 2.19. The average molecular weight is 299 g/mol. The van der Waals surface area contributed by atoms with E-state index in [9.17, 15) is 9.59 Å². The zero-order chi connectivity index (χ0) is 15.3. The number of hydrogen-bond donors (Lipinski definition) is 2. The Morgan fingerprint density at radius 1 is 1.45 bits per heavy atom.